The van der Waals surface area contributed by atoms with Gasteiger partial charge in [0, 0.05) is 23.7 Å². The Labute approximate surface area is 132 Å². The van der Waals surface area contributed by atoms with Crippen LogP contribution in [0.3, 0.4) is 0 Å². The largest absolute Gasteiger partial charge is 0.352 e. The van der Waals surface area contributed by atoms with E-state index in [1.54, 1.807) is 0 Å². The van der Waals surface area contributed by atoms with Gasteiger partial charge in [0.1, 0.15) is 11.6 Å². The molecule has 0 unspecified atom stereocenters. The van der Waals surface area contributed by atoms with E-state index in [0.717, 1.165) is 18.6 Å². The summed E-state index contributed by atoms with van der Waals surface area (Å²) in [5.74, 6) is -2.34. The highest BCUT2D eigenvalue weighted by Gasteiger charge is 2.11. The van der Waals surface area contributed by atoms with E-state index >= 15 is 0 Å². The Morgan fingerprint density at radius 3 is 2.13 bits per heavy atom. The number of rotatable bonds is 5. The summed E-state index contributed by atoms with van der Waals surface area (Å²) in [5, 5.41) is 5.08. The highest BCUT2D eigenvalue weighted by Crippen LogP contribution is 2.16. The summed E-state index contributed by atoms with van der Waals surface area (Å²) in [6.45, 7) is 2.52. The van der Waals surface area contributed by atoms with Gasteiger partial charge in [0.15, 0.2) is 0 Å². The van der Waals surface area contributed by atoms with Crippen LogP contribution in [0.2, 0.25) is 0 Å². The Hall–Kier alpha value is -2.76. The lowest BCUT2D eigenvalue weighted by atomic mass is 10.1. The lowest BCUT2D eigenvalue weighted by Gasteiger charge is -2.07. The third-order valence-corrected chi connectivity index (χ3v) is 3.12. The van der Waals surface area contributed by atoms with Crippen LogP contribution in [-0.2, 0) is 0 Å². The Kier molecular flexibility index (Phi) is 5.41. The van der Waals surface area contributed by atoms with Crippen molar-refractivity contribution in [2.45, 2.75) is 13.3 Å². The minimum absolute atomic E-state index is 0.110. The average molecular weight is 318 g/mol. The van der Waals surface area contributed by atoms with Gasteiger partial charge in [-0.3, -0.25) is 9.59 Å². The Morgan fingerprint density at radius 1 is 0.957 bits per heavy atom. The Balaban J connectivity index is 2.06. The van der Waals surface area contributed by atoms with Gasteiger partial charge in [-0.05, 0) is 42.8 Å². The number of carbonyl (C=O) groups excluding carboxylic acids is 2. The fraction of sp³-hybridized carbons (Fsp3) is 0.176. The van der Waals surface area contributed by atoms with Crippen LogP contribution >= 0.6 is 0 Å². The van der Waals surface area contributed by atoms with Crippen molar-refractivity contribution in [1.29, 1.82) is 0 Å². The van der Waals surface area contributed by atoms with Crippen molar-refractivity contribution in [2.75, 3.05) is 11.9 Å². The van der Waals surface area contributed by atoms with Crippen molar-refractivity contribution in [2.24, 2.45) is 0 Å². The third kappa shape index (κ3) is 4.35. The lowest BCUT2D eigenvalue weighted by Crippen LogP contribution is -2.24. The van der Waals surface area contributed by atoms with Crippen molar-refractivity contribution >= 4 is 17.5 Å². The van der Waals surface area contributed by atoms with E-state index in [9.17, 15) is 18.4 Å². The van der Waals surface area contributed by atoms with Crippen molar-refractivity contribution in [3.8, 4) is 0 Å². The van der Waals surface area contributed by atoms with Crippen LogP contribution in [-0.4, -0.2) is 18.4 Å². The van der Waals surface area contributed by atoms with Crippen molar-refractivity contribution in [3.05, 3.63) is 65.2 Å². The molecule has 0 heterocycles. The number of carbonyl (C=O) groups is 2. The first-order valence-corrected chi connectivity index (χ1v) is 7.16. The second-order valence-electron chi connectivity index (χ2n) is 4.91. The van der Waals surface area contributed by atoms with Gasteiger partial charge in [-0.1, -0.05) is 6.92 Å². The number of hydrogen-bond acceptors (Lipinski definition) is 2. The summed E-state index contributed by atoms with van der Waals surface area (Å²) in [5.41, 5.74) is 0.588. The molecule has 0 spiro atoms. The molecule has 120 valence electrons. The molecule has 6 heteroatoms. The van der Waals surface area contributed by atoms with Crippen molar-refractivity contribution in [1.82, 2.24) is 5.32 Å². The van der Waals surface area contributed by atoms with E-state index < -0.39 is 17.5 Å². The quantitative estimate of drug-likeness (QED) is 0.888. The lowest BCUT2D eigenvalue weighted by molar-refractivity contribution is 0.0951. The molecule has 2 aromatic rings. The van der Waals surface area contributed by atoms with Crippen molar-refractivity contribution < 1.29 is 18.4 Å². The van der Waals surface area contributed by atoms with E-state index in [1.165, 1.54) is 24.3 Å². The monoisotopic (exact) mass is 318 g/mol. The average Bonchev–Trinajstić information content (AvgIpc) is 2.55. The van der Waals surface area contributed by atoms with E-state index in [2.05, 4.69) is 10.6 Å². The first kappa shape index (κ1) is 16.6. The molecule has 0 aliphatic heterocycles. The van der Waals surface area contributed by atoms with Gasteiger partial charge >= 0.3 is 0 Å². The number of benzene rings is 2. The van der Waals surface area contributed by atoms with Crippen LogP contribution in [0.4, 0.5) is 14.5 Å². The standard InChI is InChI=1S/C17H16F2N2O2/c1-2-9-20-16(22)11-3-5-12(6-4-11)17(23)21-15-8-7-13(18)10-14(15)19/h3-8,10H,2,9H2,1H3,(H,20,22)(H,21,23). The molecule has 0 aromatic heterocycles. The smallest absolute Gasteiger partial charge is 0.255 e. The molecule has 2 rings (SSSR count). The van der Waals surface area contributed by atoms with Crippen molar-refractivity contribution in [3.63, 3.8) is 0 Å². The van der Waals surface area contributed by atoms with Gasteiger partial charge in [0.05, 0.1) is 5.69 Å². The van der Waals surface area contributed by atoms with Gasteiger partial charge in [0.25, 0.3) is 11.8 Å². The van der Waals surface area contributed by atoms with Crippen LogP contribution in [0, 0.1) is 11.6 Å². The maximum Gasteiger partial charge on any atom is 0.255 e. The van der Waals surface area contributed by atoms with E-state index in [0.29, 0.717) is 18.2 Å². The molecule has 0 bridgehead atoms. The van der Waals surface area contributed by atoms with E-state index in [1.807, 2.05) is 6.92 Å². The molecule has 0 saturated carbocycles. The Bertz CT molecular complexity index is 715. The predicted molar refractivity (Wildman–Crippen MR) is 83.4 cm³/mol. The molecule has 0 aliphatic carbocycles. The van der Waals surface area contributed by atoms with Gasteiger partial charge < -0.3 is 10.6 Å². The second kappa shape index (κ2) is 7.49. The molecule has 2 amide bonds. The fourth-order valence-electron chi connectivity index (χ4n) is 1.90. The van der Waals surface area contributed by atoms with Crippen LogP contribution in [0.15, 0.2) is 42.5 Å². The van der Waals surface area contributed by atoms with Crippen LogP contribution < -0.4 is 10.6 Å². The zero-order valence-corrected chi connectivity index (χ0v) is 12.5. The number of amides is 2. The van der Waals surface area contributed by atoms with E-state index in [-0.39, 0.29) is 17.2 Å². The maximum absolute atomic E-state index is 13.5. The number of halogens is 2. The molecular formula is C17H16F2N2O2. The summed E-state index contributed by atoms with van der Waals surface area (Å²) in [6, 6.07) is 8.86. The summed E-state index contributed by atoms with van der Waals surface area (Å²) >= 11 is 0. The SMILES string of the molecule is CCCNC(=O)c1ccc(C(=O)Nc2ccc(F)cc2F)cc1. The number of hydrogen-bond donors (Lipinski definition) is 2. The summed E-state index contributed by atoms with van der Waals surface area (Å²) in [6.07, 6.45) is 0.829. The molecule has 0 fully saturated rings. The molecule has 23 heavy (non-hydrogen) atoms. The molecule has 2 N–H and O–H groups in total. The van der Waals surface area contributed by atoms with Crippen LogP contribution in [0.1, 0.15) is 34.1 Å². The van der Waals surface area contributed by atoms with Crippen LogP contribution in [0.5, 0.6) is 0 Å². The van der Waals surface area contributed by atoms with Gasteiger partial charge in [-0.25, -0.2) is 8.78 Å². The molecule has 0 radical (unpaired) electrons. The molecule has 2 aromatic carbocycles. The van der Waals surface area contributed by atoms with Crippen LogP contribution in [0.25, 0.3) is 0 Å². The minimum Gasteiger partial charge on any atom is -0.352 e. The highest BCUT2D eigenvalue weighted by molar-refractivity contribution is 6.05. The first-order chi connectivity index (χ1) is 11.0. The van der Waals surface area contributed by atoms with Gasteiger partial charge in [0.2, 0.25) is 0 Å². The number of anilines is 1. The molecule has 0 atom stereocenters. The fourth-order valence-corrected chi connectivity index (χ4v) is 1.90. The minimum atomic E-state index is -0.853. The second-order valence-corrected chi connectivity index (χ2v) is 4.91. The molecule has 0 aliphatic rings. The summed E-state index contributed by atoms with van der Waals surface area (Å²) < 4.78 is 26.3. The summed E-state index contributed by atoms with van der Waals surface area (Å²) in [7, 11) is 0. The predicted octanol–water partition coefficient (Wildman–Crippen LogP) is 3.36. The highest BCUT2D eigenvalue weighted by atomic mass is 19.1. The van der Waals surface area contributed by atoms with E-state index in [4.69, 9.17) is 0 Å². The number of nitrogens with one attached hydrogen (secondary N) is 2. The maximum atomic E-state index is 13.5. The molecule has 4 nitrogen and oxygen atoms in total. The zero-order valence-electron chi connectivity index (χ0n) is 12.5. The van der Waals surface area contributed by atoms with Gasteiger partial charge in [-0.2, -0.15) is 0 Å². The normalized spacial score (nSPS) is 10.2. The topological polar surface area (TPSA) is 58.2 Å². The Morgan fingerprint density at radius 2 is 1.57 bits per heavy atom. The summed E-state index contributed by atoms with van der Waals surface area (Å²) in [4.78, 5) is 23.8. The zero-order chi connectivity index (χ0) is 16.8. The van der Waals surface area contributed by atoms with Gasteiger partial charge in [-0.15, -0.1) is 0 Å². The third-order valence-electron chi connectivity index (χ3n) is 3.12. The molecule has 0 saturated heterocycles. The molecular weight excluding hydrogens is 302 g/mol. The first-order valence-electron chi connectivity index (χ1n) is 7.16.